The van der Waals surface area contributed by atoms with Crippen molar-refractivity contribution in [3.8, 4) is 11.1 Å². The molecule has 1 heterocycles. The van der Waals surface area contributed by atoms with Gasteiger partial charge in [0.15, 0.2) is 0 Å². The van der Waals surface area contributed by atoms with Crippen LogP contribution >= 0.6 is 34.2 Å². The Morgan fingerprint density at radius 2 is 2.03 bits per heavy atom. The number of rotatable bonds is 6. The Kier molecular flexibility index (Phi) is 6.84. The molecule has 0 bridgehead atoms. The molecular formula is C20H16ClF3IN3O. The van der Waals surface area contributed by atoms with Gasteiger partial charge in [0.05, 0.1) is 5.56 Å². The van der Waals surface area contributed by atoms with E-state index in [0.717, 1.165) is 5.56 Å². The van der Waals surface area contributed by atoms with Gasteiger partial charge in [-0.2, -0.15) is 5.10 Å². The summed E-state index contributed by atoms with van der Waals surface area (Å²) < 4.78 is 42.4. The third kappa shape index (κ3) is 4.75. The van der Waals surface area contributed by atoms with Crippen molar-refractivity contribution in [2.24, 2.45) is 0 Å². The number of amides is 1. The van der Waals surface area contributed by atoms with Crippen molar-refractivity contribution in [2.75, 3.05) is 5.32 Å². The summed E-state index contributed by atoms with van der Waals surface area (Å²) >= 11 is 8.32. The van der Waals surface area contributed by atoms with Gasteiger partial charge in [-0.3, -0.25) is 9.48 Å². The average Bonchev–Trinajstić information content (AvgIpc) is 3.15. The zero-order valence-electron chi connectivity index (χ0n) is 15.2. The molecule has 0 aliphatic heterocycles. The minimum Gasteiger partial charge on any atom is -0.321 e. The zero-order chi connectivity index (χ0) is 21.1. The maximum absolute atomic E-state index is 13.9. The monoisotopic (exact) mass is 533 g/mol. The largest absolute Gasteiger partial charge is 0.321 e. The van der Waals surface area contributed by atoms with E-state index in [1.807, 2.05) is 0 Å². The summed E-state index contributed by atoms with van der Waals surface area (Å²) in [4.78, 5) is 12.7. The van der Waals surface area contributed by atoms with Gasteiger partial charge in [-0.25, -0.2) is 13.2 Å². The van der Waals surface area contributed by atoms with Crippen LogP contribution in [-0.4, -0.2) is 15.7 Å². The Balaban J connectivity index is 2.01. The van der Waals surface area contributed by atoms with E-state index in [2.05, 4.69) is 33.0 Å². The highest BCUT2D eigenvalue weighted by Crippen LogP contribution is 2.33. The van der Waals surface area contributed by atoms with Gasteiger partial charge in [-0.15, -0.1) is 0 Å². The van der Waals surface area contributed by atoms with E-state index in [-0.39, 0.29) is 5.56 Å². The molecule has 3 aromatic rings. The Morgan fingerprint density at radius 3 is 2.69 bits per heavy atom. The van der Waals surface area contributed by atoms with Crippen LogP contribution in [0.15, 0.2) is 42.6 Å². The first-order chi connectivity index (χ1) is 13.8. The molecule has 1 aromatic heterocycles. The fraction of sp³-hybridized carbons (Fsp3) is 0.200. The van der Waals surface area contributed by atoms with Crippen molar-refractivity contribution >= 4 is 45.8 Å². The Bertz CT molecular complexity index is 1060. The van der Waals surface area contributed by atoms with Crippen LogP contribution in [0.5, 0.6) is 0 Å². The van der Waals surface area contributed by atoms with Crippen LogP contribution in [0, 0.1) is 5.82 Å². The summed E-state index contributed by atoms with van der Waals surface area (Å²) in [6, 6.07) is 9.08. The normalized spacial score (nSPS) is 11.1. The van der Waals surface area contributed by atoms with E-state index >= 15 is 0 Å². The number of nitrogens with one attached hydrogen (secondary N) is 1. The molecule has 2 aromatic carbocycles. The van der Waals surface area contributed by atoms with E-state index < -0.39 is 23.8 Å². The highest BCUT2D eigenvalue weighted by atomic mass is 127. The van der Waals surface area contributed by atoms with E-state index in [9.17, 15) is 18.0 Å². The van der Waals surface area contributed by atoms with E-state index in [4.69, 9.17) is 11.6 Å². The summed E-state index contributed by atoms with van der Waals surface area (Å²) in [7, 11) is 0. The first-order valence-corrected chi connectivity index (χ1v) is 10.6. The number of carbonyl (C=O) groups excluding carboxylic acids is 1. The second kappa shape index (κ2) is 9.17. The zero-order valence-corrected chi connectivity index (χ0v) is 18.1. The molecule has 29 heavy (non-hydrogen) atoms. The van der Waals surface area contributed by atoms with Crippen molar-refractivity contribution in [2.45, 2.75) is 24.3 Å². The Labute approximate surface area is 184 Å². The summed E-state index contributed by atoms with van der Waals surface area (Å²) in [6.45, 7) is 2.08. The molecule has 0 atom stereocenters. The number of aryl methyl sites for hydroxylation is 1. The number of aromatic nitrogens is 2. The lowest BCUT2D eigenvalue weighted by atomic mass is 10.0. The van der Waals surface area contributed by atoms with Crippen molar-refractivity contribution in [3.05, 3.63) is 70.3 Å². The number of carbonyl (C=O) groups is 1. The van der Waals surface area contributed by atoms with Crippen LogP contribution in [0.4, 0.5) is 18.9 Å². The van der Waals surface area contributed by atoms with Crippen molar-refractivity contribution in [3.63, 3.8) is 0 Å². The van der Waals surface area contributed by atoms with Crippen molar-refractivity contribution in [1.82, 2.24) is 9.78 Å². The third-order valence-electron chi connectivity index (χ3n) is 4.30. The highest BCUT2D eigenvalue weighted by molar-refractivity contribution is 14.1. The second-order valence-electron chi connectivity index (χ2n) is 6.17. The maximum atomic E-state index is 13.9. The molecule has 9 heteroatoms. The SMILES string of the molecule is CCn1cc(C(=O)Nc2ccc(F)cc2-c2ccc(Cl)c(CI)c2)c(C(F)F)n1. The predicted octanol–water partition coefficient (Wildman–Crippen LogP) is 6.49. The maximum Gasteiger partial charge on any atom is 0.282 e. The quantitative estimate of drug-likeness (QED) is 0.291. The highest BCUT2D eigenvalue weighted by Gasteiger charge is 2.24. The summed E-state index contributed by atoms with van der Waals surface area (Å²) in [5, 5.41) is 6.94. The summed E-state index contributed by atoms with van der Waals surface area (Å²) in [5.41, 5.74) is 1.41. The van der Waals surface area contributed by atoms with E-state index in [0.29, 0.717) is 32.8 Å². The van der Waals surface area contributed by atoms with Crippen LogP contribution in [0.25, 0.3) is 11.1 Å². The van der Waals surface area contributed by atoms with E-state index in [1.54, 1.807) is 25.1 Å². The lowest BCUT2D eigenvalue weighted by Gasteiger charge is -2.13. The van der Waals surface area contributed by atoms with E-state index in [1.165, 1.54) is 29.1 Å². The fourth-order valence-electron chi connectivity index (χ4n) is 2.83. The van der Waals surface area contributed by atoms with Crippen LogP contribution in [0.1, 0.15) is 35.0 Å². The molecule has 0 unspecified atom stereocenters. The predicted molar refractivity (Wildman–Crippen MR) is 115 cm³/mol. The summed E-state index contributed by atoms with van der Waals surface area (Å²) in [6.07, 6.45) is -1.62. The lowest BCUT2D eigenvalue weighted by molar-refractivity contribution is 0.101. The first-order valence-electron chi connectivity index (χ1n) is 8.65. The smallest absolute Gasteiger partial charge is 0.282 e. The Hall–Kier alpha value is -2.07. The number of hydrogen-bond acceptors (Lipinski definition) is 2. The van der Waals surface area contributed by atoms with Crippen LogP contribution in [0.3, 0.4) is 0 Å². The van der Waals surface area contributed by atoms with Gasteiger partial charge in [0.1, 0.15) is 11.5 Å². The molecule has 152 valence electrons. The molecule has 0 saturated heterocycles. The van der Waals surface area contributed by atoms with Crippen LogP contribution < -0.4 is 5.32 Å². The number of alkyl halides is 3. The molecule has 1 amide bonds. The molecule has 0 saturated carbocycles. The number of halogens is 5. The van der Waals surface area contributed by atoms with Gasteiger partial charge in [0, 0.05) is 33.4 Å². The third-order valence-corrected chi connectivity index (χ3v) is 5.49. The fourth-order valence-corrected chi connectivity index (χ4v) is 3.87. The molecule has 0 aliphatic rings. The number of nitrogens with zero attached hydrogens (tertiary/aromatic N) is 2. The van der Waals surface area contributed by atoms with Gasteiger partial charge in [-0.05, 0) is 48.4 Å². The molecular weight excluding hydrogens is 518 g/mol. The van der Waals surface area contributed by atoms with Gasteiger partial charge >= 0.3 is 0 Å². The van der Waals surface area contributed by atoms with Gasteiger partial charge in [0.2, 0.25) is 0 Å². The number of benzene rings is 2. The molecule has 0 spiro atoms. The van der Waals surface area contributed by atoms with Crippen molar-refractivity contribution < 1.29 is 18.0 Å². The number of hydrogen-bond donors (Lipinski definition) is 1. The Morgan fingerprint density at radius 1 is 1.28 bits per heavy atom. The average molecular weight is 534 g/mol. The molecule has 3 rings (SSSR count). The molecule has 1 N–H and O–H groups in total. The summed E-state index contributed by atoms with van der Waals surface area (Å²) in [5.74, 6) is -1.23. The molecule has 0 radical (unpaired) electrons. The van der Waals surface area contributed by atoms with Crippen LogP contribution in [-0.2, 0) is 11.0 Å². The number of anilines is 1. The van der Waals surface area contributed by atoms with Gasteiger partial charge in [0.25, 0.3) is 12.3 Å². The standard InChI is InChI=1S/C20H16ClF3IN3O/c1-2-28-10-15(18(27-28)19(23)24)20(29)26-17-6-4-13(22)8-14(17)11-3-5-16(21)12(7-11)9-25/h3-8,10,19H,2,9H2,1H3,(H,26,29). The lowest BCUT2D eigenvalue weighted by Crippen LogP contribution is -2.14. The van der Waals surface area contributed by atoms with Gasteiger partial charge in [-0.1, -0.05) is 40.3 Å². The van der Waals surface area contributed by atoms with Gasteiger partial charge < -0.3 is 5.32 Å². The minimum atomic E-state index is -2.89. The molecule has 4 nitrogen and oxygen atoms in total. The second-order valence-corrected chi connectivity index (χ2v) is 7.34. The van der Waals surface area contributed by atoms with Crippen LogP contribution in [0.2, 0.25) is 5.02 Å². The first kappa shape index (κ1) is 21.6. The van der Waals surface area contributed by atoms with Crippen molar-refractivity contribution in [1.29, 1.82) is 0 Å². The topological polar surface area (TPSA) is 46.9 Å². The molecule has 0 aliphatic carbocycles. The minimum absolute atomic E-state index is 0.221. The molecule has 0 fully saturated rings.